The molecule has 4 aliphatic carbocycles. The Hall–Kier alpha value is -1.44. The Labute approximate surface area is 233 Å². The van der Waals surface area contributed by atoms with Gasteiger partial charge >= 0.3 is 5.97 Å². The summed E-state index contributed by atoms with van der Waals surface area (Å²) in [4.78, 5) is 24.8. The first-order chi connectivity index (χ1) is 18.8. The number of carbonyl (C=O) groups is 2. The molecule has 40 heavy (non-hydrogen) atoms. The van der Waals surface area contributed by atoms with Gasteiger partial charge in [0.05, 0.1) is 34.9 Å². The Kier molecular flexibility index (Phi) is 6.83. The number of rotatable bonds is 4. The van der Waals surface area contributed by atoms with Crippen molar-refractivity contribution >= 4 is 12.3 Å². The molecule has 11 nitrogen and oxygen atoms in total. The molecular weight excluding hydrogens is 524 g/mol. The van der Waals surface area contributed by atoms with E-state index < -0.39 is 82.8 Å². The van der Waals surface area contributed by atoms with E-state index in [-0.39, 0.29) is 38.2 Å². The van der Waals surface area contributed by atoms with Crippen LogP contribution in [0.5, 0.6) is 0 Å². The van der Waals surface area contributed by atoms with Gasteiger partial charge in [0.1, 0.15) is 31.2 Å². The van der Waals surface area contributed by atoms with Gasteiger partial charge in [-0.3, -0.25) is 0 Å². The van der Waals surface area contributed by atoms with Crippen LogP contribution in [-0.4, -0.2) is 104 Å². The molecule has 0 aromatic carbocycles. The van der Waals surface area contributed by atoms with Crippen molar-refractivity contribution in [2.75, 3.05) is 6.61 Å². The maximum absolute atomic E-state index is 13.0. The highest BCUT2D eigenvalue weighted by molar-refractivity contribution is 5.85. The Morgan fingerprint density at radius 1 is 1.00 bits per heavy atom. The van der Waals surface area contributed by atoms with Gasteiger partial charge in [-0.1, -0.05) is 6.92 Å². The van der Waals surface area contributed by atoms with Crippen LogP contribution in [0.3, 0.4) is 0 Å². The van der Waals surface area contributed by atoms with Gasteiger partial charge in [0.25, 0.3) is 0 Å². The molecule has 224 valence electrons. The van der Waals surface area contributed by atoms with Crippen LogP contribution in [0.1, 0.15) is 65.2 Å². The summed E-state index contributed by atoms with van der Waals surface area (Å²) in [6.07, 6.45) is -2.87. The van der Waals surface area contributed by atoms with Crippen LogP contribution >= 0.6 is 0 Å². The third-order valence-corrected chi connectivity index (χ3v) is 11.9. The van der Waals surface area contributed by atoms with Crippen LogP contribution in [-0.2, 0) is 23.8 Å². The van der Waals surface area contributed by atoms with Gasteiger partial charge in [-0.2, -0.15) is 0 Å². The molecule has 0 radical (unpaired) electrons. The molecule has 0 bridgehead atoms. The second-order valence-corrected chi connectivity index (χ2v) is 13.6. The summed E-state index contributed by atoms with van der Waals surface area (Å²) in [6.45, 7) is 3.72. The molecule has 0 unspecified atom stereocenters. The molecule has 0 spiro atoms. The van der Waals surface area contributed by atoms with Crippen molar-refractivity contribution in [1.29, 1.82) is 0 Å². The van der Waals surface area contributed by atoms with E-state index in [4.69, 9.17) is 14.2 Å². The summed E-state index contributed by atoms with van der Waals surface area (Å²) in [5, 5.41) is 66.7. The lowest BCUT2D eigenvalue weighted by atomic mass is 9.41. The minimum absolute atomic E-state index is 0.0615. The maximum Gasteiger partial charge on any atom is 0.331 e. The second kappa shape index (κ2) is 9.54. The molecule has 6 aliphatic rings. The van der Waals surface area contributed by atoms with Gasteiger partial charge in [0, 0.05) is 23.8 Å². The molecule has 4 saturated carbocycles. The highest BCUT2D eigenvalue weighted by Crippen LogP contribution is 2.70. The van der Waals surface area contributed by atoms with E-state index in [1.807, 2.05) is 6.92 Å². The molecule has 6 rings (SSSR count). The fourth-order valence-corrected chi connectivity index (χ4v) is 9.82. The lowest BCUT2D eigenvalue weighted by Crippen LogP contribution is -2.72. The summed E-state index contributed by atoms with van der Waals surface area (Å²) in [7, 11) is 0. The number of aliphatic hydroxyl groups is 6. The average Bonchev–Trinajstić information content (AvgIpc) is 3.45. The molecule has 11 heteroatoms. The van der Waals surface area contributed by atoms with Crippen molar-refractivity contribution in [3.05, 3.63) is 11.6 Å². The smallest absolute Gasteiger partial charge is 0.331 e. The Morgan fingerprint density at radius 2 is 1.75 bits per heavy atom. The van der Waals surface area contributed by atoms with E-state index in [0.29, 0.717) is 25.7 Å². The highest BCUT2D eigenvalue weighted by atomic mass is 16.7. The third-order valence-electron chi connectivity index (χ3n) is 11.9. The van der Waals surface area contributed by atoms with Gasteiger partial charge in [0.15, 0.2) is 6.29 Å². The molecular formula is C29H42O11. The van der Waals surface area contributed by atoms with E-state index in [0.717, 1.165) is 11.9 Å². The SMILES string of the molecule is C[C@H]1O[C@@H](O[C@@H]2CC[C@]3(C=O)[C@H]4[C@H](O)C[C@]5(C)[C@H](C6=CC(=O)OC6)CC[C@]5(O)[C@@H]4CC[C@]3(O)C2)[C@@H](O)[C@@H](O)[C@H]1O. The van der Waals surface area contributed by atoms with E-state index in [2.05, 4.69) is 0 Å². The van der Waals surface area contributed by atoms with Crippen molar-refractivity contribution in [1.82, 2.24) is 0 Å². The van der Waals surface area contributed by atoms with Crippen molar-refractivity contribution < 1.29 is 54.4 Å². The van der Waals surface area contributed by atoms with Crippen LogP contribution < -0.4 is 0 Å². The summed E-state index contributed by atoms with van der Waals surface area (Å²) < 4.78 is 16.8. The van der Waals surface area contributed by atoms with Crippen LogP contribution in [0.4, 0.5) is 0 Å². The van der Waals surface area contributed by atoms with Gasteiger partial charge in [-0.05, 0) is 69.3 Å². The van der Waals surface area contributed by atoms with Crippen molar-refractivity contribution in [3.8, 4) is 0 Å². The van der Waals surface area contributed by atoms with Gasteiger partial charge in [0.2, 0.25) is 0 Å². The summed E-state index contributed by atoms with van der Waals surface area (Å²) in [5.74, 6) is -1.61. The number of hydrogen-bond acceptors (Lipinski definition) is 11. The number of aldehydes is 1. The molecule has 1 saturated heterocycles. The molecule has 2 aliphatic heterocycles. The lowest BCUT2D eigenvalue weighted by Gasteiger charge is -2.66. The summed E-state index contributed by atoms with van der Waals surface area (Å²) in [5.41, 5.74) is -3.89. The maximum atomic E-state index is 13.0. The molecule has 5 fully saturated rings. The van der Waals surface area contributed by atoms with E-state index in [1.54, 1.807) is 6.92 Å². The summed E-state index contributed by atoms with van der Waals surface area (Å²) >= 11 is 0. The van der Waals surface area contributed by atoms with E-state index >= 15 is 0 Å². The predicted molar refractivity (Wildman–Crippen MR) is 136 cm³/mol. The van der Waals surface area contributed by atoms with Crippen LogP contribution in [0.15, 0.2) is 11.6 Å². The zero-order valence-electron chi connectivity index (χ0n) is 23.0. The van der Waals surface area contributed by atoms with Crippen molar-refractivity contribution in [3.63, 3.8) is 0 Å². The number of fused-ring (bicyclic) bond motifs is 5. The number of ether oxygens (including phenoxy) is 3. The van der Waals surface area contributed by atoms with Gasteiger partial charge < -0.3 is 49.6 Å². The number of hydrogen-bond donors (Lipinski definition) is 6. The Morgan fingerprint density at radius 3 is 2.42 bits per heavy atom. The van der Waals surface area contributed by atoms with E-state index in [9.17, 15) is 40.2 Å². The molecule has 0 aromatic heterocycles. The first-order valence-electron chi connectivity index (χ1n) is 14.6. The monoisotopic (exact) mass is 566 g/mol. The van der Waals surface area contributed by atoms with Crippen molar-refractivity contribution in [2.24, 2.45) is 28.6 Å². The van der Waals surface area contributed by atoms with Gasteiger partial charge in [-0.15, -0.1) is 0 Å². The van der Waals surface area contributed by atoms with Crippen LogP contribution in [0, 0.1) is 28.6 Å². The highest BCUT2D eigenvalue weighted by Gasteiger charge is 2.73. The standard InChI is InChI=1S/C29H42O11/c1-14-22(33)23(34)24(35)25(39-14)40-16-3-6-27(13-30)21-18(4-7-28(27,36)10-16)29(37)8-5-17(15-9-20(32)38-12-15)26(29,2)11-19(21)31/h9,13-14,16-19,21-25,31,33-37H,3-8,10-12H2,1-2H3/t14-,16-,17+,18-,19-,21-,22+,23+,24+,25+,26-,27+,28+,29+/m1/s1. The van der Waals surface area contributed by atoms with Crippen molar-refractivity contribution in [2.45, 2.75) is 119 Å². The number of esters is 1. The third kappa shape index (κ3) is 3.78. The topological polar surface area (TPSA) is 183 Å². The minimum atomic E-state index is -1.51. The molecule has 2 heterocycles. The largest absolute Gasteiger partial charge is 0.458 e. The first-order valence-corrected chi connectivity index (χ1v) is 14.6. The average molecular weight is 567 g/mol. The number of cyclic esters (lactones) is 1. The van der Waals surface area contributed by atoms with Crippen LogP contribution in [0.2, 0.25) is 0 Å². The number of carbonyl (C=O) groups excluding carboxylic acids is 2. The quantitative estimate of drug-likeness (QED) is 0.149. The normalized spacial score (nSPS) is 56.0. The minimum Gasteiger partial charge on any atom is -0.458 e. The molecule has 0 amide bonds. The zero-order valence-corrected chi connectivity index (χ0v) is 23.0. The van der Waals surface area contributed by atoms with E-state index in [1.165, 1.54) is 6.08 Å². The number of aliphatic hydroxyl groups excluding tert-OH is 4. The Bertz CT molecular complexity index is 1080. The van der Waals surface area contributed by atoms with Crippen LogP contribution in [0.25, 0.3) is 0 Å². The molecule has 6 N–H and O–H groups in total. The second-order valence-electron chi connectivity index (χ2n) is 13.6. The predicted octanol–water partition coefficient (Wildman–Crippen LogP) is -0.279. The van der Waals surface area contributed by atoms with Gasteiger partial charge in [-0.25, -0.2) is 4.79 Å². The molecule has 14 atom stereocenters. The molecule has 0 aromatic rings. The zero-order chi connectivity index (χ0) is 28.8. The Balaban J connectivity index is 1.25. The summed E-state index contributed by atoms with van der Waals surface area (Å²) in [6, 6.07) is 0. The lowest BCUT2D eigenvalue weighted by molar-refractivity contribution is -0.320. The fraction of sp³-hybridized carbons (Fsp3) is 0.862. The first kappa shape index (κ1) is 28.7. The fourth-order valence-electron chi connectivity index (χ4n) is 9.82.